The van der Waals surface area contributed by atoms with Crippen LogP contribution in [0.25, 0.3) is 11.2 Å². The molecule has 0 radical (unpaired) electrons. The first-order valence-corrected chi connectivity index (χ1v) is 10.4. The third kappa shape index (κ3) is 3.22. The number of nitrogens with one attached hydrogen (secondary N) is 1. The highest BCUT2D eigenvalue weighted by atomic mass is 127. The summed E-state index contributed by atoms with van der Waals surface area (Å²) in [4.78, 5) is 14.5. The van der Waals surface area contributed by atoms with Crippen LogP contribution >= 0.6 is 34.4 Å². The summed E-state index contributed by atoms with van der Waals surface area (Å²) in [7, 11) is 1.93. The number of imidazole rings is 1. The Morgan fingerprint density at radius 3 is 3.04 bits per heavy atom. The van der Waals surface area contributed by atoms with Crippen LogP contribution in [0.2, 0.25) is 0 Å². The van der Waals surface area contributed by atoms with Gasteiger partial charge in [0.1, 0.15) is 18.0 Å². The number of rotatable bonds is 5. The number of nitrogens with zero attached hydrogens (tertiary/aromatic N) is 4. The molecule has 0 spiro atoms. The first-order valence-electron chi connectivity index (χ1n) is 8.55. The van der Waals surface area contributed by atoms with Gasteiger partial charge in [-0.25, -0.2) is 19.3 Å². The van der Waals surface area contributed by atoms with Crippen molar-refractivity contribution in [2.24, 2.45) is 0 Å². The highest BCUT2D eigenvalue weighted by Gasteiger charge is 2.24. The second-order valence-corrected chi connectivity index (χ2v) is 8.54. The van der Waals surface area contributed by atoms with Crippen molar-refractivity contribution in [1.29, 1.82) is 0 Å². The quantitative estimate of drug-likeness (QED) is 0.555. The minimum atomic E-state index is -0.849. The molecule has 1 aromatic carbocycles. The van der Waals surface area contributed by atoms with Gasteiger partial charge in [0.15, 0.2) is 10.8 Å². The van der Waals surface area contributed by atoms with Gasteiger partial charge in [0.2, 0.25) is 0 Å². The Kier molecular flexibility index (Phi) is 5.15. The molecule has 0 aliphatic heterocycles. The average Bonchev–Trinajstić information content (AvgIpc) is 3.15. The molecule has 0 bridgehead atoms. The third-order valence-electron chi connectivity index (χ3n) is 4.66. The van der Waals surface area contributed by atoms with E-state index in [1.807, 2.05) is 20.0 Å². The van der Waals surface area contributed by atoms with E-state index in [4.69, 9.17) is 4.98 Å². The van der Waals surface area contributed by atoms with Crippen LogP contribution in [0.5, 0.6) is 0 Å². The van der Waals surface area contributed by atoms with Gasteiger partial charge in [-0.2, -0.15) is 0 Å². The minimum Gasteiger partial charge on any atom is -0.318 e. The summed E-state index contributed by atoms with van der Waals surface area (Å²) in [5, 5.41) is 4.04. The second-order valence-electron chi connectivity index (χ2n) is 6.37. The zero-order chi connectivity index (χ0) is 18.3. The molecule has 1 atom stereocenters. The molecule has 3 aromatic rings. The summed E-state index contributed by atoms with van der Waals surface area (Å²) in [6.45, 7) is 3.52. The summed E-state index contributed by atoms with van der Waals surface area (Å²) in [6, 6.07) is 4.11. The van der Waals surface area contributed by atoms with E-state index in [1.54, 1.807) is 18.1 Å². The molecule has 1 aliphatic carbocycles. The highest BCUT2D eigenvalue weighted by Crippen LogP contribution is 2.40. The van der Waals surface area contributed by atoms with Crippen LogP contribution in [0, 0.1) is 10.5 Å². The summed E-state index contributed by atoms with van der Waals surface area (Å²) in [5.41, 5.74) is 4.51. The maximum absolute atomic E-state index is 14.2. The Bertz CT molecular complexity index is 974. The molecule has 0 fully saturated rings. The molecular weight excluding hydrogens is 464 g/mol. The molecular formula is C18H19FIN5S. The fourth-order valence-electron chi connectivity index (χ4n) is 3.27. The molecule has 2 heterocycles. The highest BCUT2D eigenvalue weighted by molar-refractivity contribution is 14.1. The maximum Gasteiger partial charge on any atom is 0.175 e. The number of alkyl halides is 1. The lowest BCUT2D eigenvalue weighted by Crippen LogP contribution is -2.15. The monoisotopic (exact) mass is 483 g/mol. The van der Waals surface area contributed by atoms with E-state index in [0.717, 1.165) is 61.1 Å². The van der Waals surface area contributed by atoms with Crippen LogP contribution in [-0.4, -0.2) is 33.1 Å². The molecule has 0 amide bonds. The summed E-state index contributed by atoms with van der Waals surface area (Å²) >= 11 is 3.91. The predicted octanol–water partition coefficient (Wildman–Crippen LogP) is 4.07. The van der Waals surface area contributed by atoms with Crippen LogP contribution in [0.1, 0.15) is 29.4 Å². The van der Waals surface area contributed by atoms with Crippen molar-refractivity contribution in [2.45, 2.75) is 42.5 Å². The molecule has 0 saturated heterocycles. The number of benzene rings is 1. The van der Waals surface area contributed by atoms with Crippen LogP contribution in [0.3, 0.4) is 0 Å². The van der Waals surface area contributed by atoms with Crippen molar-refractivity contribution < 1.29 is 4.39 Å². The van der Waals surface area contributed by atoms with Crippen molar-refractivity contribution in [2.75, 3.05) is 13.6 Å². The van der Waals surface area contributed by atoms with Gasteiger partial charge in [-0.3, -0.25) is 0 Å². The van der Waals surface area contributed by atoms with E-state index < -0.39 is 6.17 Å². The Morgan fingerprint density at radius 2 is 2.23 bits per heavy atom. The van der Waals surface area contributed by atoms with E-state index in [0.29, 0.717) is 6.42 Å². The van der Waals surface area contributed by atoms with E-state index >= 15 is 0 Å². The lowest BCUT2D eigenvalue weighted by Gasteiger charge is -2.11. The molecule has 5 nitrogen and oxygen atoms in total. The van der Waals surface area contributed by atoms with Crippen LogP contribution in [0.4, 0.5) is 4.39 Å². The molecule has 4 rings (SSSR count). The molecule has 1 unspecified atom stereocenters. The molecule has 2 aromatic heterocycles. The molecule has 1 aliphatic rings. The second kappa shape index (κ2) is 7.40. The Balaban J connectivity index is 1.78. The smallest absolute Gasteiger partial charge is 0.175 e. The number of aromatic nitrogens is 4. The summed E-state index contributed by atoms with van der Waals surface area (Å²) in [5.74, 6) is 0. The molecule has 1 N–H and O–H groups in total. The van der Waals surface area contributed by atoms with Crippen LogP contribution < -0.4 is 5.32 Å². The van der Waals surface area contributed by atoms with Crippen molar-refractivity contribution in [1.82, 2.24) is 24.8 Å². The van der Waals surface area contributed by atoms with Crippen molar-refractivity contribution >= 4 is 45.5 Å². The zero-order valence-corrected chi connectivity index (χ0v) is 17.6. The Labute approximate surface area is 169 Å². The van der Waals surface area contributed by atoms with E-state index in [2.05, 4.69) is 48.5 Å². The van der Waals surface area contributed by atoms with Gasteiger partial charge >= 0.3 is 0 Å². The van der Waals surface area contributed by atoms with Gasteiger partial charge in [-0.05, 0) is 72.7 Å². The van der Waals surface area contributed by atoms with Gasteiger partial charge in [0, 0.05) is 21.6 Å². The molecule has 0 saturated carbocycles. The van der Waals surface area contributed by atoms with Crippen molar-refractivity contribution in [3.8, 4) is 0 Å². The first kappa shape index (κ1) is 18.1. The van der Waals surface area contributed by atoms with Gasteiger partial charge in [-0.1, -0.05) is 11.8 Å². The van der Waals surface area contributed by atoms with Crippen LogP contribution in [0.15, 0.2) is 28.5 Å². The van der Waals surface area contributed by atoms with Gasteiger partial charge in [0.05, 0.1) is 5.69 Å². The number of aryl methyl sites for hydroxylation is 2. The largest absolute Gasteiger partial charge is 0.318 e. The Hall–Kier alpha value is -1.26. The van der Waals surface area contributed by atoms with Gasteiger partial charge in [0.25, 0.3) is 0 Å². The topological polar surface area (TPSA) is 55.6 Å². The molecule has 8 heteroatoms. The lowest BCUT2D eigenvalue weighted by atomic mass is 10.1. The lowest BCUT2D eigenvalue weighted by molar-refractivity contribution is 0.343. The number of hydrogen-bond acceptors (Lipinski definition) is 5. The molecule has 26 heavy (non-hydrogen) atoms. The fourth-order valence-corrected chi connectivity index (χ4v) is 5.09. The minimum absolute atomic E-state index is 0.592. The van der Waals surface area contributed by atoms with Crippen LogP contribution in [-0.2, 0) is 13.0 Å². The number of likely N-dealkylation sites (N-methyl/N-ethyl adjacent to an activating group) is 1. The number of hydrogen-bond donors (Lipinski definition) is 1. The SMILES string of the molecule is CNCCn1c(Sc2cc3c(cc2I)CCC3F)nc2c(C)ncnc21. The van der Waals surface area contributed by atoms with E-state index in [-0.39, 0.29) is 0 Å². The summed E-state index contributed by atoms with van der Waals surface area (Å²) in [6.07, 6.45) is 2.15. The van der Waals surface area contributed by atoms with E-state index in [1.165, 1.54) is 0 Å². The fraction of sp³-hybridized carbons (Fsp3) is 0.389. The van der Waals surface area contributed by atoms with E-state index in [9.17, 15) is 4.39 Å². The predicted molar refractivity (Wildman–Crippen MR) is 109 cm³/mol. The Morgan fingerprint density at radius 1 is 1.38 bits per heavy atom. The number of fused-ring (bicyclic) bond motifs is 2. The average molecular weight is 483 g/mol. The number of halogens is 2. The molecule has 136 valence electrons. The first-order chi connectivity index (χ1) is 12.6. The van der Waals surface area contributed by atoms with Crippen molar-refractivity contribution in [3.63, 3.8) is 0 Å². The van der Waals surface area contributed by atoms with Gasteiger partial charge < -0.3 is 9.88 Å². The summed E-state index contributed by atoms with van der Waals surface area (Å²) < 4.78 is 17.4. The zero-order valence-electron chi connectivity index (χ0n) is 14.6. The van der Waals surface area contributed by atoms with Crippen molar-refractivity contribution in [3.05, 3.63) is 38.9 Å². The maximum atomic E-state index is 14.2. The van der Waals surface area contributed by atoms with Gasteiger partial charge in [-0.15, -0.1) is 0 Å². The normalized spacial score (nSPS) is 16.4. The third-order valence-corrected chi connectivity index (χ3v) is 6.98. The standard InChI is InChI=1S/C18H19FIN5S/c1-10-16-17(23-9-22-10)25(6-5-21-2)18(24-16)26-15-8-12-11(7-14(15)20)3-4-13(12)19/h7-9,13,21H,3-6H2,1-2H3.